The van der Waals surface area contributed by atoms with E-state index in [2.05, 4.69) is 4.90 Å². The van der Waals surface area contributed by atoms with Crippen LogP contribution in [0.2, 0.25) is 0 Å². The van der Waals surface area contributed by atoms with Crippen molar-refractivity contribution >= 4 is 29.3 Å². The van der Waals surface area contributed by atoms with Crippen molar-refractivity contribution in [3.8, 4) is 0 Å². The monoisotopic (exact) mass is 480 g/mol. The average Bonchev–Trinajstić information content (AvgIpc) is 3.09. The van der Waals surface area contributed by atoms with Crippen LogP contribution in [0, 0.1) is 17.8 Å². The zero-order chi connectivity index (χ0) is 23.4. The van der Waals surface area contributed by atoms with Crippen LogP contribution in [0.3, 0.4) is 0 Å². The van der Waals surface area contributed by atoms with Crippen molar-refractivity contribution in [2.75, 3.05) is 20.2 Å². The van der Waals surface area contributed by atoms with E-state index in [4.69, 9.17) is 16.3 Å². The van der Waals surface area contributed by atoms with Crippen LogP contribution in [0.1, 0.15) is 89.9 Å². The Labute approximate surface area is 203 Å². The quantitative estimate of drug-likeness (QED) is 0.291. The number of alkyl halides is 1. The number of carbonyl (C=O) groups is 3. The molecule has 4 unspecified atom stereocenters. The van der Waals surface area contributed by atoms with Gasteiger partial charge in [-0.3, -0.25) is 19.3 Å². The highest BCUT2D eigenvalue weighted by Gasteiger charge is 2.47. The summed E-state index contributed by atoms with van der Waals surface area (Å²) >= 11 is 6.35. The topological polar surface area (TPSA) is 66.9 Å². The number of amides is 3. The lowest BCUT2D eigenvalue weighted by Gasteiger charge is -2.40. The van der Waals surface area contributed by atoms with Crippen LogP contribution in [-0.4, -0.2) is 65.2 Å². The Morgan fingerprint density at radius 2 is 1.52 bits per heavy atom. The van der Waals surface area contributed by atoms with Crippen molar-refractivity contribution in [2.45, 2.75) is 107 Å². The highest BCUT2D eigenvalue weighted by atomic mass is 35.5. The van der Waals surface area contributed by atoms with Gasteiger partial charge in [-0.15, -0.1) is 11.6 Å². The van der Waals surface area contributed by atoms with Gasteiger partial charge < -0.3 is 9.64 Å². The van der Waals surface area contributed by atoms with E-state index in [1.165, 1.54) is 4.90 Å². The Bertz CT molecular complexity index is 684. The lowest BCUT2D eigenvalue weighted by molar-refractivity contribution is -0.146. The number of ether oxygens (including phenoxy) is 1. The highest BCUT2D eigenvalue weighted by molar-refractivity contribution is 6.20. The van der Waals surface area contributed by atoms with Gasteiger partial charge in [0.15, 0.2) is 0 Å². The molecule has 4 aliphatic rings. The summed E-state index contributed by atoms with van der Waals surface area (Å²) in [5.41, 5.74) is 0. The Hall–Kier alpha value is -1.14. The van der Waals surface area contributed by atoms with Crippen LogP contribution in [-0.2, 0) is 19.1 Å². The lowest BCUT2D eigenvalue weighted by Crippen LogP contribution is -2.49. The van der Waals surface area contributed by atoms with Crippen molar-refractivity contribution in [3.63, 3.8) is 0 Å². The SMILES string of the molecule is COC1CCCCC1C(=O)N(CCCCN1C(=O)C2CCCCC2C1=O)C1CCC(Cl)CC1. The molecule has 4 rings (SSSR count). The Morgan fingerprint density at radius 3 is 2.15 bits per heavy atom. The van der Waals surface area contributed by atoms with E-state index in [9.17, 15) is 14.4 Å². The molecule has 1 heterocycles. The molecule has 0 aromatic heterocycles. The van der Waals surface area contributed by atoms with Crippen LogP contribution in [0.4, 0.5) is 0 Å². The fraction of sp³-hybridized carbons (Fsp3) is 0.885. The molecule has 0 radical (unpaired) electrons. The van der Waals surface area contributed by atoms with Crippen LogP contribution < -0.4 is 0 Å². The molecule has 1 aliphatic heterocycles. The summed E-state index contributed by atoms with van der Waals surface area (Å²) < 4.78 is 5.69. The first-order chi connectivity index (χ1) is 16.0. The molecule has 7 heteroatoms. The van der Waals surface area contributed by atoms with Gasteiger partial charge in [-0.25, -0.2) is 0 Å². The maximum atomic E-state index is 13.7. The van der Waals surface area contributed by atoms with E-state index < -0.39 is 0 Å². The predicted octanol–water partition coefficient (Wildman–Crippen LogP) is 4.53. The maximum Gasteiger partial charge on any atom is 0.233 e. The standard InChI is InChI=1S/C26H41ClN2O4/c1-33-23-11-5-4-10-22(23)26(32)28(19-14-12-18(27)13-15-19)16-6-7-17-29-24(30)20-8-2-3-9-21(20)25(29)31/h18-23H,2-17H2,1H3. The number of unbranched alkanes of at least 4 members (excludes halogenated alkanes) is 1. The second-order valence-electron chi connectivity index (χ2n) is 10.6. The fourth-order valence-electron chi connectivity index (χ4n) is 6.70. The fourth-order valence-corrected chi connectivity index (χ4v) is 6.95. The van der Waals surface area contributed by atoms with Gasteiger partial charge in [-0.1, -0.05) is 25.7 Å². The number of halogens is 1. The normalized spacial score (nSPS) is 34.9. The molecule has 0 spiro atoms. The van der Waals surface area contributed by atoms with Crippen molar-refractivity contribution in [1.82, 2.24) is 9.80 Å². The van der Waals surface area contributed by atoms with Crippen molar-refractivity contribution in [1.29, 1.82) is 0 Å². The summed E-state index contributed by atoms with van der Waals surface area (Å²) in [5, 5.41) is 0.218. The van der Waals surface area contributed by atoms with Gasteiger partial charge in [-0.05, 0) is 64.2 Å². The molecule has 0 aromatic rings. The van der Waals surface area contributed by atoms with E-state index in [0.717, 1.165) is 89.9 Å². The lowest BCUT2D eigenvalue weighted by atomic mass is 9.81. The van der Waals surface area contributed by atoms with E-state index in [0.29, 0.717) is 13.1 Å². The Morgan fingerprint density at radius 1 is 0.909 bits per heavy atom. The molecule has 0 N–H and O–H groups in total. The third-order valence-electron chi connectivity index (χ3n) is 8.64. The van der Waals surface area contributed by atoms with Gasteiger partial charge in [0, 0.05) is 31.6 Å². The molecular weight excluding hydrogens is 440 g/mol. The maximum absolute atomic E-state index is 13.7. The van der Waals surface area contributed by atoms with Crippen LogP contribution in [0.25, 0.3) is 0 Å². The Balaban J connectivity index is 1.35. The number of hydrogen-bond donors (Lipinski definition) is 0. The largest absolute Gasteiger partial charge is 0.381 e. The molecule has 0 bridgehead atoms. The summed E-state index contributed by atoms with van der Waals surface area (Å²) in [6, 6.07) is 0.241. The van der Waals surface area contributed by atoms with Crippen molar-refractivity contribution in [3.05, 3.63) is 0 Å². The molecule has 3 aliphatic carbocycles. The molecular formula is C26H41ClN2O4. The zero-order valence-corrected chi connectivity index (χ0v) is 20.9. The molecule has 33 heavy (non-hydrogen) atoms. The minimum atomic E-state index is -0.0765. The first-order valence-electron chi connectivity index (χ1n) is 13.3. The molecule has 3 saturated carbocycles. The summed E-state index contributed by atoms with van der Waals surface area (Å²) in [4.78, 5) is 42.8. The van der Waals surface area contributed by atoms with Crippen LogP contribution in [0.5, 0.6) is 0 Å². The molecule has 4 fully saturated rings. The average molecular weight is 481 g/mol. The smallest absolute Gasteiger partial charge is 0.233 e. The second kappa shape index (κ2) is 11.5. The van der Waals surface area contributed by atoms with E-state index in [1.54, 1.807) is 7.11 Å². The molecule has 6 nitrogen and oxygen atoms in total. The third kappa shape index (κ3) is 5.58. The van der Waals surface area contributed by atoms with Gasteiger partial charge in [-0.2, -0.15) is 0 Å². The summed E-state index contributed by atoms with van der Waals surface area (Å²) in [6.45, 7) is 1.18. The minimum absolute atomic E-state index is 0.0151. The van der Waals surface area contributed by atoms with Crippen molar-refractivity contribution in [2.24, 2.45) is 17.8 Å². The molecule has 186 valence electrons. The first-order valence-corrected chi connectivity index (χ1v) is 13.8. The molecule has 1 saturated heterocycles. The van der Waals surface area contributed by atoms with Gasteiger partial charge in [0.2, 0.25) is 17.7 Å². The first kappa shape index (κ1) is 25.0. The number of carbonyl (C=O) groups excluding carboxylic acids is 3. The van der Waals surface area contributed by atoms with Gasteiger partial charge in [0.05, 0.1) is 23.9 Å². The number of nitrogens with zero attached hydrogens (tertiary/aromatic N) is 2. The number of likely N-dealkylation sites (tertiary alicyclic amines) is 1. The predicted molar refractivity (Wildman–Crippen MR) is 128 cm³/mol. The van der Waals surface area contributed by atoms with Crippen molar-refractivity contribution < 1.29 is 19.1 Å². The highest BCUT2D eigenvalue weighted by Crippen LogP contribution is 2.38. The second-order valence-corrected chi connectivity index (χ2v) is 11.3. The molecule has 4 atom stereocenters. The van der Waals surface area contributed by atoms with Gasteiger partial charge >= 0.3 is 0 Å². The zero-order valence-electron chi connectivity index (χ0n) is 20.2. The van der Waals surface area contributed by atoms with Gasteiger partial charge in [0.25, 0.3) is 0 Å². The summed E-state index contributed by atoms with van der Waals surface area (Å²) in [6.07, 6.45) is 13.3. The van der Waals surface area contributed by atoms with E-state index in [1.807, 2.05) is 0 Å². The minimum Gasteiger partial charge on any atom is -0.381 e. The van der Waals surface area contributed by atoms with Crippen LogP contribution >= 0.6 is 11.6 Å². The van der Waals surface area contributed by atoms with E-state index in [-0.39, 0.29) is 53.0 Å². The number of methoxy groups -OCH3 is 1. The van der Waals surface area contributed by atoms with Crippen LogP contribution in [0.15, 0.2) is 0 Å². The number of imide groups is 1. The summed E-state index contributed by atoms with van der Waals surface area (Å²) in [5.74, 6) is 0.118. The molecule has 3 amide bonds. The molecule has 0 aromatic carbocycles. The van der Waals surface area contributed by atoms with Gasteiger partial charge in [0.1, 0.15) is 0 Å². The number of hydrogen-bond acceptors (Lipinski definition) is 4. The summed E-state index contributed by atoms with van der Waals surface area (Å²) in [7, 11) is 1.72. The number of fused-ring (bicyclic) bond motifs is 1. The third-order valence-corrected chi connectivity index (χ3v) is 9.07. The Kier molecular flexibility index (Phi) is 8.72. The number of rotatable bonds is 8. The van der Waals surface area contributed by atoms with E-state index >= 15 is 0 Å².